The average Bonchev–Trinajstić information content (AvgIpc) is 3.26. The van der Waals surface area contributed by atoms with Gasteiger partial charge in [-0.3, -0.25) is 9.59 Å². The Labute approximate surface area is 241 Å². The standard InChI is InChI=1S/C27H23Cl2FN4O7/c1-31-24(38)32-9-8-16-17(34(32)25(31)39)12-26(28)22(36)33(14-6-4-13(30)5-7-14)23(37)27(26,29)21(16)20-18(35)10-15(40-2)11-19(20)41-3/h4-8,10-11,17,21,35H,9,12H2,1-3H3/t17-,21-,26-,27+/m1/s1. The van der Waals surface area contributed by atoms with Gasteiger partial charge < -0.3 is 14.6 Å². The summed E-state index contributed by atoms with van der Waals surface area (Å²) in [4.78, 5) is 50.9. The first-order valence-corrected chi connectivity index (χ1v) is 13.2. The summed E-state index contributed by atoms with van der Waals surface area (Å²) in [6.45, 7) is -0.0530. The molecule has 3 aromatic rings. The molecule has 41 heavy (non-hydrogen) atoms. The van der Waals surface area contributed by atoms with E-state index in [0.717, 1.165) is 21.6 Å². The fourth-order valence-electron chi connectivity index (χ4n) is 6.25. The molecule has 2 aromatic carbocycles. The molecule has 0 spiro atoms. The van der Waals surface area contributed by atoms with Gasteiger partial charge in [0.05, 0.1) is 32.5 Å². The molecule has 1 N–H and O–H groups in total. The van der Waals surface area contributed by atoms with Crippen LogP contribution in [0.25, 0.3) is 0 Å². The fraction of sp³-hybridized carbons (Fsp3) is 0.333. The van der Waals surface area contributed by atoms with Crippen molar-refractivity contribution in [2.45, 2.75) is 34.7 Å². The van der Waals surface area contributed by atoms with Crippen molar-refractivity contribution >= 4 is 40.7 Å². The first-order valence-electron chi connectivity index (χ1n) is 12.5. The van der Waals surface area contributed by atoms with E-state index in [4.69, 9.17) is 32.7 Å². The van der Waals surface area contributed by atoms with Gasteiger partial charge >= 0.3 is 11.4 Å². The number of phenolic OH excluding ortho intramolecular Hbond substituents is 1. The number of ether oxygens (including phenoxy) is 2. The molecule has 0 radical (unpaired) electrons. The Kier molecular flexibility index (Phi) is 5.95. The van der Waals surface area contributed by atoms with Gasteiger partial charge in [0.2, 0.25) is 0 Å². The van der Waals surface area contributed by atoms with Crippen molar-refractivity contribution in [2.24, 2.45) is 7.05 Å². The lowest BCUT2D eigenvalue weighted by Gasteiger charge is -2.49. The first kappa shape index (κ1) is 27.2. The molecule has 3 heterocycles. The number of amides is 2. The number of methoxy groups -OCH3 is 2. The number of carbonyl (C=O) groups is 2. The average molecular weight is 605 g/mol. The van der Waals surface area contributed by atoms with Gasteiger partial charge in [0.15, 0.2) is 9.75 Å². The van der Waals surface area contributed by atoms with E-state index in [1.165, 1.54) is 54.9 Å². The Morgan fingerprint density at radius 1 is 1.00 bits per heavy atom. The lowest BCUT2D eigenvalue weighted by molar-refractivity contribution is -0.122. The minimum absolute atomic E-state index is 0.0335. The summed E-state index contributed by atoms with van der Waals surface area (Å²) in [7, 11) is 4.06. The molecule has 2 amide bonds. The van der Waals surface area contributed by atoms with Gasteiger partial charge in [0, 0.05) is 37.1 Å². The highest BCUT2D eigenvalue weighted by molar-refractivity contribution is 6.58. The summed E-state index contributed by atoms with van der Waals surface area (Å²) in [5, 5.41) is 11.3. The molecule has 2 fully saturated rings. The monoisotopic (exact) mass is 604 g/mol. The summed E-state index contributed by atoms with van der Waals surface area (Å²) < 4.78 is 27.9. The Morgan fingerprint density at radius 2 is 1.68 bits per heavy atom. The van der Waals surface area contributed by atoms with Gasteiger partial charge in [-0.05, 0) is 29.8 Å². The number of allylic oxidation sites excluding steroid dienone is 2. The molecule has 2 aliphatic heterocycles. The number of imide groups is 1. The highest BCUT2D eigenvalue weighted by atomic mass is 35.5. The zero-order valence-electron chi connectivity index (χ0n) is 21.9. The number of rotatable bonds is 4. The van der Waals surface area contributed by atoms with Gasteiger partial charge in [-0.25, -0.2) is 32.8 Å². The van der Waals surface area contributed by atoms with Crippen LogP contribution in [0.1, 0.15) is 23.9 Å². The van der Waals surface area contributed by atoms with Crippen LogP contribution in [0.15, 0.2) is 57.6 Å². The van der Waals surface area contributed by atoms with Crippen molar-refractivity contribution < 1.29 is 28.6 Å². The van der Waals surface area contributed by atoms with Gasteiger partial charge in [-0.2, -0.15) is 0 Å². The van der Waals surface area contributed by atoms with Crippen LogP contribution in [-0.4, -0.2) is 54.8 Å². The van der Waals surface area contributed by atoms with Crippen LogP contribution in [0.4, 0.5) is 10.1 Å². The Morgan fingerprint density at radius 3 is 2.32 bits per heavy atom. The number of aromatic hydroxyl groups is 1. The van der Waals surface area contributed by atoms with Crippen LogP contribution in [0.2, 0.25) is 0 Å². The van der Waals surface area contributed by atoms with E-state index in [2.05, 4.69) is 0 Å². The van der Waals surface area contributed by atoms with Crippen molar-refractivity contribution in [2.75, 3.05) is 19.1 Å². The molecule has 214 valence electrons. The van der Waals surface area contributed by atoms with E-state index in [9.17, 15) is 28.7 Å². The fourth-order valence-corrected chi connectivity index (χ4v) is 7.15. The molecule has 1 aromatic heterocycles. The van der Waals surface area contributed by atoms with Gasteiger partial charge in [0.1, 0.15) is 23.1 Å². The van der Waals surface area contributed by atoms with Crippen LogP contribution >= 0.6 is 23.2 Å². The Balaban J connectivity index is 1.67. The number of carbonyl (C=O) groups excluding carboxylic acids is 2. The van der Waals surface area contributed by atoms with Crippen LogP contribution < -0.4 is 25.8 Å². The number of hydrogen-bond donors (Lipinski definition) is 1. The highest BCUT2D eigenvalue weighted by Crippen LogP contribution is 2.65. The SMILES string of the molecule is COc1cc(O)c([C@H]2C3=CCn4c(=O)n(C)c(=O)n4[C@@H]3C[C@@]3(Cl)C(=O)N(c4ccc(F)cc4)C(=O)[C@@]23Cl)c(OC)c1. The second-order valence-corrected chi connectivity index (χ2v) is 11.3. The predicted octanol–water partition coefficient (Wildman–Crippen LogP) is 2.41. The molecule has 14 heteroatoms. The van der Waals surface area contributed by atoms with Crippen molar-refractivity contribution in [1.29, 1.82) is 0 Å². The van der Waals surface area contributed by atoms with Crippen molar-refractivity contribution in [3.63, 3.8) is 0 Å². The lowest BCUT2D eigenvalue weighted by Crippen LogP contribution is -2.59. The number of nitrogens with zero attached hydrogens (tertiary/aromatic N) is 4. The molecule has 6 rings (SSSR count). The third-order valence-electron chi connectivity index (χ3n) is 8.19. The second-order valence-electron chi connectivity index (χ2n) is 10.1. The summed E-state index contributed by atoms with van der Waals surface area (Å²) in [5.74, 6) is -3.76. The van der Waals surface area contributed by atoms with E-state index >= 15 is 0 Å². The number of fused-ring (bicyclic) bond motifs is 4. The van der Waals surface area contributed by atoms with Crippen molar-refractivity contribution in [3.8, 4) is 17.2 Å². The maximum absolute atomic E-state index is 14.3. The predicted molar refractivity (Wildman–Crippen MR) is 146 cm³/mol. The van der Waals surface area contributed by atoms with E-state index in [0.29, 0.717) is 5.57 Å². The van der Waals surface area contributed by atoms with Crippen molar-refractivity contribution in [3.05, 3.63) is 80.4 Å². The first-order chi connectivity index (χ1) is 19.4. The van der Waals surface area contributed by atoms with Gasteiger partial charge in [0.25, 0.3) is 11.8 Å². The largest absolute Gasteiger partial charge is 0.507 e. The number of anilines is 1. The number of phenols is 1. The van der Waals surface area contributed by atoms with Crippen LogP contribution in [0.5, 0.6) is 17.2 Å². The van der Waals surface area contributed by atoms with E-state index in [1.807, 2.05) is 0 Å². The van der Waals surface area contributed by atoms with Gasteiger partial charge in [-0.1, -0.05) is 6.08 Å². The topological polar surface area (TPSA) is 125 Å². The van der Waals surface area contributed by atoms with Crippen LogP contribution in [0.3, 0.4) is 0 Å². The normalized spacial score (nSPS) is 26.8. The molecular formula is C27H23Cl2FN4O7. The number of benzene rings is 2. The maximum Gasteiger partial charge on any atom is 0.347 e. The molecule has 3 aliphatic rings. The highest BCUT2D eigenvalue weighted by Gasteiger charge is 2.76. The molecule has 0 unspecified atom stereocenters. The Bertz CT molecular complexity index is 1800. The lowest BCUT2D eigenvalue weighted by atomic mass is 9.64. The number of hydrogen-bond acceptors (Lipinski definition) is 7. The molecule has 1 saturated carbocycles. The number of halogens is 3. The smallest absolute Gasteiger partial charge is 0.347 e. The Hall–Kier alpha value is -4.03. The summed E-state index contributed by atoms with van der Waals surface area (Å²) in [6, 6.07) is 6.42. The molecule has 1 saturated heterocycles. The van der Waals surface area contributed by atoms with E-state index < -0.39 is 50.7 Å². The van der Waals surface area contributed by atoms with E-state index in [1.54, 1.807) is 6.08 Å². The molecule has 4 atom stereocenters. The summed E-state index contributed by atoms with van der Waals surface area (Å²) >= 11 is 14.5. The maximum atomic E-state index is 14.3. The molecule has 11 nitrogen and oxygen atoms in total. The minimum Gasteiger partial charge on any atom is -0.507 e. The van der Waals surface area contributed by atoms with Crippen LogP contribution in [-0.2, 0) is 23.2 Å². The summed E-state index contributed by atoms with van der Waals surface area (Å²) in [5.41, 5.74) is -0.799. The van der Waals surface area contributed by atoms with E-state index in [-0.39, 0.29) is 41.5 Å². The third-order valence-corrected chi connectivity index (χ3v) is 9.61. The molecule has 1 aliphatic carbocycles. The van der Waals surface area contributed by atoms with Crippen molar-refractivity contribution in [1.82, 2.24) is 13.9 Å². The van der Waals surface area contributed by atoms with Crippen LogP contribution in [0, 0.1) is 5.82 Å². The minimum atomic E-state index is -2.25. The third kappa shape index (κ3) is 3.37. The number of aromatic nitrogens is 3. The quantitative estimate of drug-likeness (QED) is 0.275. The summed E-state index contributed by atoms with van der Waals surface area (Å²) in [6.07, 6.45) is 1.30. The zero-order valence-corrected chi connectivity index (χ0v) is 23.4. The zero-order chi connectivity index (χ0) is 29.6. The molecular weight excluding hydrogens is 582 g/mol. The number of alkyl halides is 2. The van der Waals surface area contributed by atoms with Gasteiger partial charge in [-0.15, -0.1) is 23.2 Å². The second kappa shape index (κ2) is 8.98. The molecule has 0 bridgehead atoms.